The van der Waals surface area contributed by atoms with E-state index in [1.165, 1.54) is 305 Å². The maximum absolute atomic E-state index is 5.89. The quantitative estimate of drug-likeness (QED) is 0.0310. The van der Waals surface area contributed by atoms with Gasteiger partial charge in [0.05, 0.1) is 184 Å². The summed E-state index contributed by atoms with van der Waals surface area (Å²) in [7, 11) is -13.7. The SMILES string of the molecule is C[Si](C)(CCCCC1CO1)c1cc([Si](C)(C)CCC2CCC3OC3C2)cc([Si](C)(C)CCC2CCC3OC3C2)c1.C[Si](C)(CCCCCCC1CO1)c1cc([Si](C)(C)CCC2CCC3OC3C2)cc([Si](C)(C)CCC2CCC3OC3C2)c1.C[Si](C)(CCCCCCCCC1CO1)c1cc([Si](C)(C)CCC2CCC3OC3C2)cc([Si](C)(C)CCC2CCC3OC3C2)c1. The highest BCUT2D eigenvalue weighted by molar-refractivity contribution is 6.98. The van der Waals surface area contributed by atoms with Gasteiger partial charge in [0.15, 0.2) is 0 Å². The van der Waals surface area contributed by atoms with Gasteiger partial charge in [-0.3, -0.25) is 0 Å². The molecule has 15 aliphatic rings. The summed E-state index contributed by atoms with van der Waals surface area (Å²) in [6.45, 7) is 51.4. The van der Waals surface area contributed by atoms with Crippen molar-refractivity contribution < 1.29 is 42.6 Å². The van der Waals surface area contributed by atoms with Gasteiger partial charge in [-0.1, -0.05) is 389 Å². The first-order valence-corrected chi connectivity index (χ1v) is 83.1. The lowest BCUT2D eigenvalue weighted by Crippen LogP contribution is -2.54. The first kappa shape index (κ1) is 98.3. The van der Waals surface area contributed by atoms with Crippen LogP contribution >= 0.6 is 0 Å². The topological polar surface area (TPSA) is 113 Å². The molecule has 9 aliphatic heterocycles. The first-order valence-electron chi connectivity index (χ1n) is 54.2. The predicted molar refractivity (Wildman–Crippen MR) is 559 cm³/mol. The number of epoxide rings is 9. The molecule has 0 radical (unpaired) electrons. The minimum atomic E-state index is -1.53. The highest BCUT2D eigenvalue weighted by Gasteiger charge is 2.51. The van der Waals surface area contributed by atoms with Crippen LogP contribution in [0.5, 0.6) is 0 Å². The first-order chi connectivity index (χ1) is 59.9. The maximum atomic E-state index is 5.89. The van der Waals surface area contributed by atoms with Crippen molar-refractivity contribution in [1.82, 2.24) is 0 Å². The molecule has 18 heteroatoms. The lowest BCUT2D eigenvalue weighted by atomic mass is 9.87. The van der Waals surface area contributed by atoms with E-state index in [1.54, 1.807) is 46.7 Å². The van der Waals surface area contributed by atoms with Crippen LogP contribution in [-0.2, 0) is 42.6 Å². The van der Waals surface area contributed by atoms with Crippen LogP contribution in [0.4, 0.5) is 0 Å². The third-order valence-electron chi connectivity index (χ3n) is 37.0. The van der Waals surface area contributed by atoms with Gasteiger partial charge in [-0.15, -0.1) is 0 Å². The summed E-state index contributed by atoms with van der Waals surface area (Å²) in [6.07, 6.45) is 62.7. The number of hydrogen-bond acceptors (Lipinski definition) is 9. The van der Waals surface area contributed by atoms with E-state index in [-0.39, 0.29) is 0 Å². The molecule has 9 heterocycles. The van der Waals surface area contributed by atoms with Crippen LogP contribution in [0.15, 0.2) is 54.6 Å². The third kappa shape index (κ3) is 28.5. The average Bonchev–Trinajstić information content (AvgIpc) is 1.60. The second kappa shape index (κ2) is 41.9. The number of unbranched alkanes of at least 4 members (excludes halogenated alkanes) is 9. The van der Waals surface area contributed by atoms with Gasteiger partial charge < -0.3 is 42.6 Å². The van der Waals surface area contributed by atoms with Gasteiger partial charge in [-0.05, 0) is 170 Å². The van der Waals surface area contributed by atoms with Gasteiger partial charge in [-0.25, -0.2) is 0 Å². The zero-order valence-electron chi connectivity index (χ0n) is 84.1. The standard InChI is InChI=1S/C38H66O3Si3.C36H62O3Si3.C34H58O3Si3/c1-42(2,20-12-10-8-7-9-11-13-31-28-39-31)32-25-33(43(3,4)21-18-29-14-16-35-37(23-29)40-35)27-34(26-32)44(5,6)22-19-30-15-17-36-38(24-30)41-36;1-40(2,18-10-8-7-9-11-29-26-37-29)30-23-31(41(3,4)19-16-27-12-14-33-35(21-27)38-33)25-32(24-30)42(5,6)20-17-28-13-15-34-36(22-28)39-34;1-38(2,16-8-7-9-27-24-35-27)28-21-29(39(3,4)17-14-25-10-12-31-33(19-25)36-31)23-30(22-28)40(5,6)18-15-26-11-13-32-34(20-26)37-32/h25-27,29-31,35-38H,7-24,28H2,1-6H3;23-25,27-29,33-36H,7-22,26H2,1-6H3;21-23,25-27,31-34H,7-20,24H2,1-6H3. The van der Waals surface area contributed by atoms with Gasteiger partial charge in [-0.2, -0.15) is 0 Å². The zero-order chi connectivity index (χ0) is 88.6. The minimum Gasteiger partial charge on any atom is -0.373 e. The molecule has 0 N–H and O–H groups in total. The molecule has 9 saturated heterocycles. The van der Waals surface area contributed by atoms with Gasteiger partial charge in [0.2, 0.25) is 0 Å². The van der Waals surface area contributed by atoms with Gasteiger partial charge in [0.1, 0.15) is 0 Å². The highest BCUT2D eigenvalue weighted by Crippen LogP contribution is 2.48. The Balaban J connectivity index is 0.000000139. The summed E-state index contributed by atoms with van der Waals surface area (Å²) in [6, 6.07) is 37.9. The summed E-state index contributed by atoms with van der Waals surface area (Å²) in [5.74, 6) is 5.40. The molecule has 15 fully saturated rings. The lowest BCUT2D eigenvalue weighted by molar-refractivity contribution is 0.357. The Morgan fingerprint density at radius 1 is 0.183 bits per heavy atom. The molecule has 0 spiro atoms. The van der Waals surface area contributed by atoms with Crippen LogP contribution in [0.2, 0.25) is 172 Å². The van der Waals surface area contributed by atoms with Crippen molar-refractivity contribution in [1.29, 1.82) is 0 Å². The Morgan fingerprint density at radius 2 is 0.333 bits per heavy atom. The van der Waals surface area contributed by atoms with Crippen LogP contribution in [0.25, 0.3) is 0 Å². The summed E-state index contributed by atoms with van der Waals surface area (Å²) >= 11 is 0. The molecule has 708 valence electrons. The minimum absolute atomic E-state index is 0.585. The summed E-state index contributed by atoms with van der Waals surface area (Å²) in [4.78, 5) is 0. The van der Waals surface area contributed by atoms with E-state index in [0.717, 1.165) is 55.3 Å². The fraction of sp³-hybridized carbons (Fsp3) is 0.833. The molecule has 3 aromatic rings. The smallest absolute Gasteiger partial charge is 0.0844 e. The lowest BCUT2D eigenvalue weighted by Gasteiger charge is -2.33. The van der Waals surface area contributed by atoms with E-state index in [1.807, 2.05) is 0 Å². The van der Waals surface area contributed by atoms with Gasteiger partial charge in [0, 0.05) is 0 Å². The molecular weight excluding hydrogens is 1690 g/mol. The average molecular weight is 1880 g/mol. The molecule has 0 aromatic heterocycles. The Hall–Kier alpha value is -0.748. The Kier molecular flexibility index (Phi) is 32.7. The van der Waals surface area contributed by atoms with E-state index in [4.69, 9.17) is 42.6 Å². The van der Waals surface area contributed by atoms with Gasteiger partial charge in [0.25, 0.3) is 0 Å². The molecule has 6 aliphatic carbocycles. The van der Waals surface area contributed by atoms with Crippen molar-refractivity contribution in [3.8, 4) is 0 Å². The summed E-state index contributed by atoms with van der Waals surface area (Å²) < 4.78 is 51.6. The second-order valence-electron chi connectivity index (χ2n) is 51.7. The van der Waals surface area contributed by atoms with Crippen molar-refractivity contribution in [2.45, 2.75) is 514 Å². The maximum Gasteiger partial charge on any atom is 0.0844 e. The molecule has 0 bridgehead atoms. The Morgan fingerprint density at radius 3 is 0.508 bits per heavy atom. The van der Waals surface area contributed by atoms with Crippen molar-refractivity contribution in [3.63, 3.8) is 0 Å². The van der Waals surface area contributed by atoms with E-state index in [9.17, 15) is 0 Å². The van der Waals surface area contributed by atoms with E-state index >= 15 is 0 Å². The number of fused-ring (bicyclic) bond motifs is 6. The number of rotatable bonds is 48. The Labute approximate surface area is 780 Å². The molecule has 6 saturated carbocycles. The Bertz CT molecular complexity index is 3810. The van der Waals surface area contributed by atoms with Crippen molar-refractivity contribution in [3.05, 3.63) is 54.6 Å². The molecule has 21 atom stereocenters. The fourth-order valence-electron chi connectivity index (χ4n) is 25.2. The van der Waals surface area contributed by atoms with Gasteiger partial charge >= 0.3 is 0 Å². The molecular formula is C108H186O9Si9. The van der Waals surface area contributed by atoms with E-state index in [0.29, 0.717) is 91.6 Å². The fourth-order valence-corrected chi connectivity index (χ4v) is 49.1. The van der Waals surface area contributed by atoms with Crippen molar-refractivity contribution in [2.75, 3.05) is 19.8 Å². The van der Waals surface area contributed by atoms with Crippen molar-refractivity contribution >= 4 is 119 Å². The predicted octanol–water partition coefficient (Wildman–Crippen LogP) is 23.1. The third-order valence-corrected chi connectivity index (χ3v) is 67.7. The van der Waals surface area contributed by atoms with E-state index < -0.39 is 72.7 Å². The zero-order valence-corrected chi connectivity index (χ0v) is 93.1. The van der Waals surface area contributed by atoms with Crippen LogP contribution in [0.3, 0.4) is 0 Å². The van der Waals surface area contributed by atoms with Crippen LogP contribution < -0.4 is 46.7 Å². The summed E-state index contributed by atoms with van der Waals surface area (Å²) in [5.41, 5.74) is 0. The monoisotopic (exact) mass is 1880 g/mol. The molecule has 126 heavy (non-hydrogen) atoms. The van der Waals surface area contributed by atoms with E-state index in [2.05, 4.69) is 172 Å². The van der Waals surface area contributed by atoms with Crippen LogP contribution in [-0.4, -0.2) is 184 Å². The molecule has 0 amide bonds. The summed E-state index contributed by atoms with van der Waals surface area (Å²) in [5, 5.41) is 16.0. The van der Waals surface area contributed by atoms with Crippen LogP contribution in [0.1, 0.15) is 250 Å². The van der Waals surface area contributed by atoms with Crippen molar-refractivity contribution in [2.24, 2.45) is 35.5 Å². The molecule has 3 aromatic carbocycles. The second-order valence-corrected chi connectivity index (χ2v) is 95.3. The largest absolute Gasteiger partial charge is 0.373 e. The molecule has 21 unspecified atom stereocenters. The number of benzene rings is 3. The molecule has 9 nitrogen and oxygen atoms in total. The van der Waals surface area contributed by atoms with Crippen LogP contribution in [0, 0.1) is 35.5 Å². The normalized spacial score (nSPS) is 32.3. The number of ether oxygens (including phenoxy) is 9. The molecule has 18 rings (SSSR count). The number of hydrogen-bond donors (Lipinski definition) is 0. The highest BCUT2D eigenvalue weighted by atomic mass is 28.3.